The molecule has 2 aliphatic rings. The molecular formula is C18H29N3. The fourth-order valence-electron chi connectivity index (χ4n) is 3.92. The van der Waals surface area contributed by atoms with Gasteiger partial charge < -0.3 is 5.32 Å². The number of nitrogens with zero attached hydrogens (tertiary/aromatic N) is 2. The van der Waals surface area contributed by atoms with Gasteiger partial charge in [-0.05, 0) is 44.7 Å². The van der Waals surface area contributed by atoms with E-state index in [1.807, 2.05) is 0 Å². The summed E-state index contributed by atoms with van der Waals surface area (Å²) in [5.74, 6) is 0.888. The molecule has 3 rings (SSSR count). The number of aromatic nitrogens is 1. The van der Waals surface area contributed by atoms with E-state index < -0.39 is 0 Å². The zero-order valence-electron chi connectivity index (χ0n) is 13.5. The minimum Gasteiger partial charge on any atom is -0.311 e. The number of piperazine rings is 1. The summed E-state index contributed by atoms with van der Waals surface area (Å²) in [6.07, 6.45) is 7.14. The molecule has 1 saturated carbocycles. The first-order valence-electron chi connectivity index (χ1n) is 8.62. The lowest BCUT2D eigenvalue weighted by atomic mass is 9.82. The predicted octanol–water partition coefficient (Wildman–Crippen LogP) is 3.13. The third-order valence-corrected chi connectivity index (χ3v) is 5.26. The maximum Gasteiger partial charge on any atom is 0.0547 e. The highest BCUT2D eigenvalue weighted by molar-refractivity contribution is 5.10. The van der Waals surface area contributed by atoms with Crippen molar-refractivity contribution < 1.29 is 0 Å². The van der Waals surface area contributed by atoms with Gasteiger partial charge in [0.1, 0.15) is 0 Å². The topological polar surface area (TPSA) is 28.2 Å². The maximum atomic E-state index is 4.68. The van der Waals surface area contributed by atoms with Crippen LogP contribution in [-0.2, 0) is 6.54 Å². The Bertz CT molecular complexity index is 454. The van der Waals surface area contributed by atoms with Crippen LogP contribution < -0.4 is 5.32 Å². The number of rotatable bonds is 3. The Morgan fingerprint density at radius 2 is 2.05 bits per heavy atom. The van der Waals surface area contributed by atoms with Crippen LogP contribution in [-0.4, -0.2) is 35.1 Å². The van der Waals surface area contributed by atoms with Crippen molar-refractivity contribution in [3.63, 3.8) is 0 Å². The number of aryl methyl sites for hydroxylation is 1. The van der Waals surface area contributed by atoms with Crippen LogP contribution in [0.4, 0.5) is 0 Å². The average molecular weight is 287 g/mol. The molecule has 116 valence electrons. The SMILES string of the molecule is Cc1cccc(CN2CC(C3CCCCC3)NCC2C)n1. The molecule has 0 bridgehead atoms. The Morgan fingerprint density at radius 3 is 2.81 bits per heavy atom. The standard InChI is InChI=1S/C18H29N3/c1-14-7-6-10-17(20-14)12-21-13-18(19-11-15(21)2)16-8-4-3-5-9-16/h6-7,10,15-16,18-19H,3-5,8-9,11-13H2,1-2H3. The Kier molecular flexibility index (Phi) is 4.91. The molecule has 1 aliphatic carbocycles. The summed E-state index contributed by atoms with van der Waals surface area (Å²) in [6.45, 7) is 7.71. The second-order valence-electron chi connectivity index (χ2n) is 6.96. The number of pyridine rings is 1. The third kappa shape index (κ3) is 3.83. The fourth-order valence-corrected chi connectivity index (χ4v) is 3.92. The molecule has 2 atom stereocenters. The van der Waals surface area contributed by atoms with Crippen LogP contribution in [0, 0.1) is 12.8 Å². The van der Waals surface area contributed by atoms with Crippen LogP contribution in [0.2, 0.25) is 0 Å². The Hall–Kier alpha value is -0.930. The van der Waals surface area contributed by atoms with Crippen LogP contribution >= 0.6 is 0 Å². The third-order valence-electron chi connectivity index (χ3n) is 5.26. The van der Waals surface area contributed by atoms with Gasteiger partial charge in [0.15, 0.2) is 0 Å². The van der Waals surface area contributed by atoms with E-state index in [2.05, 4.69) is 47.2 Å². The molecule has 21 heavy (non-hydrogen) atoms. The molecular weight excluding hydrogens is 258 g/mol. The van der Waals surface area contributed by atoms with E-state index in [9.17, 15) is 0 Å². The van der Waals surface area contributed by atoms with Crippen LogP contribution in [0.25, 0.3) is 0 Å². The predicted molar refractivity (Wildman–Crippen MR) is 87.2 cm³/mol. The van der Waals surface area contributed by atoms with Crippen molar-refractivity contribution in [1.82, 2.24) is 15.2 Å². The van der Waals surface area contributed by atoms with E-state index in [-0.39, 0.29) is 0 Å². The zero-order valence-corrected chi connectivity index (χ0v) is 13.5. The van der Waals surface area contributed by atoms with Gasteiger partial charge >= 0.3 is 0 Å². The minimum atomic E-state index is 0.604. The molecule has 1 aromatic rings. The lowest BCUT2D eigenvalue weighted by molar-refractivity contribution is 0.0969. The second-order valence-corrected chi connectivity index (χ2v) is 6.96. The lowest BCUT2D eigenvalue weighted by Gasteiger charge is -2.42. The summed E-state index contributed by atoms with van der Waals surface area (Å²) in [7, 11) is 0. The number of hydrogen-bond acceptors (Lipinski definition) is 3. The average Bonchev–Trinajstić information content (AvgIpc) is 2.50. The molecule has 0 radical (unpaired) electrons. The van der Waals surface area contributed by atoms with Gasteiger partial charge in [0.25, 0.3) is 0 Å². The summed E-state index contributed by atoms with van der Waals surface area (Å²) >= 11 is 0. The molecule has 3 heteroatoms. The lowest BCUT2D eigenvalue weighted by Crippen LogP contribution is -2.57. The molecule has 1 aromatic heterocycles. The molecule has 1 aliphatic heterocycles. The first kappa shape index (κ1) is 15.0. The molecule has 1 N–H and O–H groups in total. The van der Waals surface area contributed by atoms with Gasteiger partial charge in [-0.1, -0.05) is 25.3 Å². The zero-order chi connectivity index (χ0) is 14.7. The van der Waals surface area contributed by atoms with Crippen molar-refractivity contribution in [2.75, 3.05) is 13.1 Å². The largest absolute Gasteiger partial charge is 0.311 e. The fraction of sp³-hybridized carbons (Fsp3) is 0.722. The van der Waals surface area contributed by atoms with Gasteiger partial charge in [0.2, 0.25) is 0 Å². The first-order chi connectivity index (χ1) is 10.2. The Morgan fingerprint density at radius 1 is 1.24 bits per heavy atom. The molecule has 3 nitrogen and oxygen atoms in total. The minimum absolute atomic E-state index is 0.604. The summed E-state index contributed by atoms with van der Waals surface area (Å²) < 4.78 is 0. The molecule has 1 saturated heterocycles. The van der Waals surface area contributed by atoms with E-state index in [1.54, 1.807) is 0 Å². The van der Waals surface area contributed by atoms with E-state index >= 15 is 0 Å². The second kappa shape index (κ2) is 6.89. The van der Waals surface area contributed by atoms with Gasteiger partial charge in [-0.25, -0.2) is 0 Å². The highest BCUT2D eigenvalue weighted by Gasteiger charge is 2.31. The number of nitrogens with one attached hydrogen (secondary N) is 1. The monoisotopic (exact) mass is 287 g/mol. The summed E-state index contributed by atoms with van der Waals surface area (Å²) in [5, 5.41) is 3.80. The van der Waals surface area contributed by atoms with Crippen molar-refractivity contribution in [3.8, 4) is 0 Å². The molecule has 0 aromatic carbocycles. The van der Waals surface area contributed by atoms with Gasteiger partial charge in [-0.2, -0.15) is 0 Å². The van der Waals surface area contributed by atoms with Crippen molar-refractivity contribution >= 4 is 0 Å². The van der Waals surface area contributed by atoms with Crippen LogP contribution in [0.5, 0.6) is 0 Å². The highest BCUT2D eigenvalue weighted by Crippen LogP contribution is 2.28. The normalized spacial score (nSPS) is 28.7. The van der Waals surface area contributed by atoms with E-state index in [0.717, 1.165) is 24.7 Å². The van der Waals surface area contributed by atoms with E-state index in [1.165, 1.54) is 44.3 Å². The first-order valence-corrected chi connectivity index (χ1v) is 8.62. The highest BCUT2D eigenvalue weighted by atomic mass is 15.2. The van der Waals surface area contributed by atoms with Crippen molar-refractivity contribution in [1.29, 1.82) is 0 Å². The van der Waals surface area contributed by atoms with Crippen LogP contribution in [0.15, 0.2) is 18.2 Å². The van der Waals surface area contributed by atoms with Gasteiger partial charge in [-0.3, -0.25) is 9.88 Å². The summed E-state index contributed by atoms with van der Waals surface area (Å²) in [5.41, 5.74) is 2.34. The van der Waals surface area contributed by atoms with Gasteiger partial charge in [0, 0.05) is 37.4 Å². The summed E-state index contributed by atoms with van der Waals surface area (Å²) in [6, 6.07) is 7.66. The molecule has 0 spiro atoms. The van der Waals surface area contributed by atoms with E-state index in [0.29, 0.717) is 12.1 Å². The van der Waals surface area contributed by atoms with Gasteiger partial charge in [-0.15, -0.1) is 0 Å². The van der Waals surface area contributed by atoms with Crippen molar-refractivity contribution in [2.45, 2.75) is 64.6 Å². The van der Waals surface area contributed by atoms with Crippen LogP contribution in [0.3, 0.4) is 0 Å². The quantitative estimate of drug-likeness (QED) is 0.926. The number of hydrogen-bond donors (Lipinski definition) is 1. The smallest absolute Gasteiger partial charge is 0.0547 e. The Balaban J connectivity index is 1.63. The Labute approximate surface area is 129 Å². The summed E-state index contributed by atoms with van der Waals surface area (Å²) in [4.78, 5) is 7.30. The molecule has 2 fully saturated rings. The van der Waals surface area contributed by atoms with Gasteiger partial charge in [0.05, 0.1) is 5.69 Å². The molecule has 2 unspecified atom stereocenters. The van der Waals surface area contributed by atoms with E-state index in [4.69, 9.17) is 0 Å². The van der Waals surface area contributed by atoms with Crippen molar-refractivity contribution in [2.24, 2.45) is 5.92 Å². The molecule has 0 amide bonds. The maximum absolute atomic E-state index is 4.68. The molecule has 2 heterocycles. The van der Waals surface area contributed by atoms with Crippen molar-refractivity contribution in [3.05, 3.63) is 29.6 Å². The van der Waals surface area contributed by atoms with Crippen LogP contribution in [0.1, 0.15) is 50.4 Å².